The molecule has 3 nitrogen and oxygen atoms in total. The normalized spacial score (nSPS) is 17.2. The van der Waals surface area contributed by atoms with Crippen molar-refractivity contribution in [2.45, 2.75) is 25.9 Å². The molecule has 0 aromatic heterocycles. The van der Waals surface area contributed by atoms with E-state index in [9.17, 15) is 9.90 Å². The van der Waals surface area contributed by atoms with E-state index in [0.717, 1.165) is 24.8 Å². The van der Waals surface area contributed by atoms with Crippen molar-refractivity contribution in [3.63, 3.8) is 0 Å². The summed E-state index contributed by atoms with van der Waals surface area (Å²) in [5, 5.41) is 9.23. The molecule has 1 atom stereocenters. The van der Waals surface area contributed by atoms with E-state index in [1.165, 1.54) is 0 Å². The monoisotopic (exact) mass is 234 g/mol. The molecule has 3 heteroatoms. The fourth-order valence-electron chi connectivity index (χ4n) is 2.09. The highest BCUT2D eigenvalue weighted by atomic mass is 16.5. The molecule has 1 N–H and O–H groups in total. The first kappa shape index (κ1) is 12.1. The molecule has 0 radical (unpaired) electrons. The number of aliphatic hydroxyl groups is 1. The predicted octanol–water partition coefficient (Wildman–Crippen LogP) is 2.14. The van der Waals surface area contributed by atoms with E-state index in [2.05, 4.69) is 0 Å². The van der Waals surface area contributed by atoms with Crippen LogP contribution in [0.2, 0.25) is 0 Å². The number of hydrogen-bond donors (Lipinski definition) is 1. The summed E-state index contributed by atoms with van der Waals surface area (Å²) >= 11 is 0. The minimum absolute atomic E-state index is 0.0989. The van der Waals surface area contributed by atoms with Gasteiger partial charge in [-0.15, -0.1) is 0 Å². The summed E-state index contributed by atoms with van der Waals surface area (Å²) in [5.74, 6) is -0.267. The minimum atomic E-state index is -0.326. The second-order valence-corrected chi connectivity index (χ2v) is 4.57. The fraction of sp³-hybridized carbons (Fsp3) is 0.500. The zero-order valence-electron chi connectivity index (χ0n) is 9.84. The second kappa shape index (κ2) is 5.82. The zero-order chi connectivity index (χ0) is 12.1. The SMILES string of the molecule is O=C(OCc1ccccc1)C(CO)C1CCC1. The van der Waals surface area contributed by atoms with Crippen molar-refractivity contribution in [3.8, 4) is 0 Å². The Balaban J connectivity index is 1.83. The Morgan fingerprint density at radius 2 is 2.06 bits per heavy atom. The van der Waals surface area contributed by atoms with Gasteiger partial charge in [0.25, 0.3) is 0 Å². The topological polar surface area (TPSA) is 46.5 Å². The Labute approximate surface area is 101 Å². The number of rotatable bonds is 5. The summed E-state index contributed by atoms with van der Waals surface area (Å²) in [6.07, 6.45) is 3.23. The third kappa shape index (κ3) is 3.07. The van der Waals surface area contributed by atoms with Crippen LogP contribution in [0.15, 0.2) is 30.3 Å². The summed E-state index contributed by atoms with van der Waals surface area (Å²) in [7, 11) is 0. The third-order valence-electron chi connectivity index (χ3n) is 3.44. The molecule has 17 heavy (non-hydrogen) atoms. The highest BCUT2D eigenvalue weighted by molar-refractivity contribution is 5.73. The van der Waals surface area contributed by atoms with Gasteiger partial charge in [-0.05, 0) is 24.3 Å². The average Bonchev–Trinajstić information content (AvgIpc) is 2.31. The Morgan fingerprint density at radius 3 is 2.59 bits per heavy atom. The molecule has 1 saturated carbocycles. The van der Waals surface area contributed by atoms with Gasteiger partial charge in [0.05, 0.1) is 12.5 Å². The van der Waals surface area contributed by atoms with Crippen LogP contribution in [0.1, 0.15) is 24.8 Å². The van der Waals surface area contributed by atoms with E-state index in [1.54, 1.807) is 0 Å². The van der Waals surface area contributed by atoms with Crippen molar-refractivity contribution in [1.82, 2.24) is 0 Å². The smallest absolute Gasteiger partial charge is 0.311 e. The maximum Gasteiger partial charge on any atom is 0.311 e. The lowest BCUT2D eigenvalue weighted by Gasteiger charge is -2.31. The van der Waals surface area contributed by atoms with Crippen molar-refractivity contribution in [1.29, 1.82) is 0 Å². The van der Waals surface area contributed by atoms with Gasteiger partial charge < -0.3 is 9.84 Å². The van der Waals surface area contributed by atoms with Crippen LogP contribution in [0.25, 0.3) is 0 Å². The molecule has 1 aromatic carbocycles. The molecule has 1 unspecified atom stereocenters. The number of hydrogen-bond acceptors (Lipinski definition) is 3. The van der Waals surface area contributed by atoms with Crippen LogP contribution in [-0.4, -0.2) is 17.7 Å². The van der Waals surface area contributed by atoms with Crippen molar-refractivity contribution in [3.05, 3.63) is 35.9 Å². The molecule has 0 spiro atoms. The first-order valence-electron chi connectivity index (χ1n) is 6.12. The molecule has 0 saturated heterocycles. The van der Waals surface area contributed by atoms with E-state index >= 15 is 0 Å². The van der Waals surface area contributed by atoms with Gasteiger partial charge in [0.15, 0.2) is 0 Å². The summed E-state index contributed by atoms with van der Waals surface area (Å²) in [6, 6.07) is 9.60. The van der Waals surface area contributed by atoms with E-state index in [1.807, 2.05) is 30.3 Å². The first-order valence-corrected chi connectivity index (χ1v) is 6.12. The lowest BCUT2D eigenvalue weighted by atomic mass is 9.76. The molecular weight excluding hydrogens is 216 g/mol. The summed E-state index contributed by atoms with van der Waals surface area (Å²) in [6.45, 7) is 0.196. The zero-order valence-corrected chi connectivity index (χ0v) is 9.84. The molecule has 92 valence electrons. The quantitative estimate of drug-likeness (QED) is 0.794. The molecule has 0 bridgehead atoms. The lowest BCUT2D eigenvalue weighted by Crippen LogP contribution is -2.32. The van der Waals surface area contributed by atoms with E-state index in [4.69, 9.17) is 4.74 Å². The molecule has 0 heterocycles. The molecule has 2 rings (SSSR count). The second-order valence-electron chi connectivity index (χ2n) is 4.57. The average molecular weight is 234 g/mol. The highest BCUT2D eigenvalue weighted by Crippen LogP contribution is 2.33. The standard InChI is InChI=1S/C14H18O3/c15-9-13(12-7-4-8-12)14(16)17-10-11-5-2-1-3-6-11/h1-3,5-6,12-13,15H,4,7-10H2. The van der Waals surface area contributed by atoms with Gasteiger partial charge in [-0.3, -0.25) is 4.79 Å². The van der Waals surface area contributed by atoms with Crippen LogP contribution in [0.4, 0.5) is 0 Å². The Bertz CT molecular complexity index is 357. The van der Waals surface area contributed by atoms with Gasteiger partial charge >= 0.3 is 5.97 Å². The summed E-state index contributed by atoms with van der Waals surface area (Å²) in [4.78, 5) is 11.8. The van der Waals surface area contributed by atoms with E-state index in [-0.39, 0.29) is 18.5 Å². The molecule has 1 aliphatic rings. The maximum atomic E-state index is 11.8. The van der Waals surface area contributed by atoms with Gasteiger partial charge in [-0.25, -0.2) is 0 Å². The van der Waals surface area contributed by atoms with Crippen molar-refractivity contribution in [2.24, 2.45) is 11.8 Å². The van der Waals surface area contributed by atoms with Crippen molar-refractivity contribution < 1.29 is 14.6 Å². The molecule has 0 aliphatic heterocycles. The van der Waals surface area contributed by atoms with Gasteiger partial charge in [0.1, 0.15) is 6.61 Å². The van der Waals surface area contributed by atoms with Gasteiger partial charge in [0.2, 0.25) is 0 Å². The Morgan fingerprint density at radius 1 is 1.35 bits per heavy atom. The molecule has 1 fully saturated rings. The Kier molecular flexibility index (Phi) is 4.15. The molecule has 1 aliphatic carbocycles. The highest BCUT2D eigenvalue weighted by Gasteiger charge is 2.33. The van der Waals surface area contributed by atoms with Crippen molar-refractivity contribution >= 4 is 5.97 Å². The van der Waals surface area contributed by atoms with E-state index in [0.29, 0.717) is 12.5 Å². The number of carbonyl (C=O) groups is 1. The van der Waals surface area contributed by atoms with Gasteiger partial charge in [0, 0.05) is 0 Å². The number of aliphatic hydroxyl groups excluding tert-OH is 1. The third-order valence-corrected chi connectivity index (χ3v) is 3.44. The fourth-order valence-corrected chi connectivity index (χ4v) is 2.09. The lowest BCUT2D eigenvalue weighted by molar-refractivity contribution is -0.155. The van der Waals surface area contributed by atoms with Crippen LogP contribution in [0, 0.1) is 11.8 Å². The summed E-state index contributed by atoms with van der Waals surface area (Å²) < 4.78 is 5.24. The molecular formula is C14H18O3. The maximum absolute atomic E-state index is 11.8. The predicted molar refractivity (Wildman–Crippen MR) is 64.2 cm³/mol. The van der Waals surface area contributed by atoms with E-state index < -0.39 is 0 Å². The van der Waals surface area contributed by atoms with Crippen LogP contribution in [0.3, 0.4) is 0 Å². The number of esters is 1. The van der Waals surface area contributed by atoms with Gasteiger partial charge in [-0.1, -0.05) is 36.8 Å². The largest absolute Gasteiger partial charge is 0.461 e. The number of benzene rings is 1. The van der Waals surface area contributed by atoms with Crippen LogP contribution in [0.5, 0.6) is 0 Å². The van der Waals surface area contributed by atoms with Gasteiger partial charge in [-0.2, -0.15) is 0 Å². The molecule has 1 aromatic rings. The Hall–Kier alpha value is -1.35. The molecule has 0 amide bonds. The minimum Gasteiger partial charge on any atom is -0.461 e. The van der Waals surface area contributed by atoms with Crippen molar-refractivity contribution in [2.75, 3.05) is 6.61 Å². The van der Waals surface area contributed by atoms with Crippen LogP contribution in [-0.2, 0) is 16.1 Å². The summed E-state index contributed by atoms with van der Waals surface area (Å²) in [5.41, 5.74) is 0.978. The first-order chi connectivity index (χ1) is 8.31. The van der Waals surface area contributed by atoms with Crippen LogP contribution >= 0.6 is 0 Å². The number of carbonyl (C=O) groups excluding carboxylic acids is 1. The number of ether oxygens (including phenoxy) is 1. The van der Waals surface area contributed by atoms with Crippen LogP contribution < -0.4 is 0 Å².